The summed E-state index contributed by atoms with van der Waals surface area (Å²) in [6.07, 6.45) is -0.599. The average molecular weight is 249 g/mol. The monoisotopic (exact) mass is 249 g/mol. The summed E-state index contributed by atoms with van der Waals surface area (Å²) in [5.74, 6) is 0.211. The van der Waals surface area contributed by atoms with Gasteiger partial charge in [-0.3, -0.25) is 0 Å². The maximum Gasteiger partial charge on any atom is 0.585 e. The molecule has 2 radical (unpaired) electrons. The van der Waals surface area contributed by atoms with Gasteiger partial charge in [0.15, 0.2) is 11.4 Å². The van der Waals surface area contributed by atoms with Gasteiger partial charge < -0.3 is 4.74 Å². The first-order valence-electron chi connectivity index (χ1n) is 4.86. The molecule has 2 heterocycles. The molecule has 0 N–H and O–H groups in total. The number of rotatable bonds is 0. The fourth-order valence-corrected chi connectivity index (χ4v) is 4.57. The minimum Gasteiger partial charge on any atom is -0.377 e. The highest BCUT2D eigenvalue weighted by molar-refractivity contribution is 8.50. The summed E-state index contributed by atoms with van der Waals surface area (Å²) < 4.78 is 35.4. The highest BCUT2D eigenvalue weighted by Gasteiger charge is 2.54. The zero-order valence-electron chi connectivity index (χ0n) is 8.39. The molecule has 2 aliphatic heterocycles. The Morgan fingerprint density at radius 1 is 1.67 bits per heavy atom. The van der Waals surface area contributed by atoms with E-state index in [2.05, 4.69) is 0 Å². The third-order valence-corrected chi connectivity index (χ3v) is 5.69. The van der Waals surface area contributed by atoms with Crippen LogP contribution in [0.25, 0.3) is 0 Å². The van der Waals surface area contributed by atoms with Crippen molar-refractivity contribution < 1.29 is 18.2 Å². The van der Waals surface area contributed by atoms with E-state index in [9.17, 15) is 8.96 Å². The highest BCUT2D eigenvalue weighted by Crippen LogP contribution is 2.51. The Hall–Kier alpha value is 0.365. The number of halogens is 1. The van der Waals surface area contributed by atoms with Crippen molar-refractivity contribution in [3.63, 3.8) is 0 Å². The average Bonchev–Trinajstić information content (AvgIpc) is 2.39. The summed E-state index contributed by atoms with van der Waals surface area (Å²) in [7, 11) is 3.86. The molecule has 2 unspecified atom stereocenters. The number of hydrogen-bond acceptors (Lipinski definition) is 4. The quantitative estimate of drug-likeness (QED) is 0.486. The van der Waals surface area contributed by atoms with E-state index in [1.807, 2.05) is 0 Å². The maximum atomic E-state index is 13.6. The molecule has 2 fully saturated rings. The van der Waals surface area contributed by atoms with Gasteiger partial charge in [0.2, 0.25) is 0 Å². The number of ether oxygens (including phenoxy) is 1. The lowest BCUT2D eigenvalue weighted by Crippen LogP contribution is -2.38. The molecule has 2 aliphatic rings. The van der Waals surface area contributed by atoms with Crippen molar-refractivity contribution >= 4 is 26.5 Å². The Kier molecular flexibility index (Phi) is 3.41. The lowest BCUT2D eigenvalue weighted by molar-refractivity contribution is -0.0244. The Balaban J connectivity index is 2.15. The molecule has 2 saturated heterocycles. The summed E-state index contributed by atoms with van der Waals surface area (Å²) >= 11 is 1.18. The minimum absolute atomic E-state index is 0.273. The number of alkyl halides is 1. The fraction of sp³-hybridized carbons (Fsp3) is 1.00. The molecule has 0 aliphatic carbocycles. The van der Waals surface area contributed by atoms with E-state index in [4.69, 9.17) is 17.1 Å². The van der Waals surface area contributed by atoms with Crippen LogP contribution in [0.3, 0.4) is 0 Å². The van der Waals surface area contributed by atoms with Crippen LogP contribution in [0.1, 0.15) is 13.3 Å². The second kappa shape index (κ2) is 4.32. The van der Waals surface area contributed by atoms with Gasteiger partial charge in [-0.1, -0.05) is 6.92 Å². The molecule has 0 aromatic carbocycles. The minimum atomic E-state index is -1.68. The van der Waals surface area contributed by atoms with Gasteiger partial charge >= 0.3 is 7.23 Å². The van der Waals surface area contributed by atoms with Crippen molar-refractivity contribution in [2.45, 2.75) is 31.1 Å². The molecule has 82 valence electrons. The molecule has 0 aromatic rings. The van der Waals surface area contributed by atoms with Gasteiger partial charge in [-0.15, -0.1) is 4.52 Å². The molecule has 5 atom stereocenters. The van der Waals surface area contributed by atoms with E-state index in [1.54, 1.807) is 6.92 Å². The summed E-state index contributed by atoms with van der Waals surface area (Å²) in [5, 5.41) is 0. The van der Waals surface area contributed by atoms with Gasteiger partial charge in [-0.25, -0.2) is 4.39 Å². The first-order chi connectivity index (χ1) is 7.05. The zero-order valence-corrected chi connectivity index (χ0v) is 10.1. The molecule has 15 heavy (non-hydrogen) atoms. The van der Waals surface area contributed by atoms with Crippen LogP contribution in [0, 0.1) is 5.92 Å². The van der Waals surface area contributed by atoms with Crippen molar-refractivity contribution in [1.82, 2.24) is 0 Å². The Morgan fingerprint density at radius 3 is 3.00 bits per heavy atom. The predicted molar refractivity (Wildman–Crippen MR) is 58.1 cm³/mol. The Labute approximate surface area is 94.5 Å². The first-order valence-corrected chi connectivity index (χ1v) is 7.62. The smallest absolute Gasteiger partial charge is 0.377 e. The molecule has 0 bridgehead atoms. The summed E-state index contributed by atoms with van der Waals surface area (Å²) in [6.45, 7) is 2.13. The molecular weight excluding hydrogens is 237 g/mol. The fourth-order valence-electron chi connectivity index (χ4n) is 2.03. The second-order valence-electron chi connectivity index (χ2n) is 3.96. The van der Waals surface area contributed by atoms with Crippen LogP contribution in [0.5, 0.6) is 0 Å². The first kappa shape index (κ1) is 11.8. The molecule has 3 nitrogen and oxygen atoms in total. The normalized spacial score (nSPS) is 49.5. The zero-order chi connectivity index (χ0) is 11.1. The maximum absolute atomic E-state index is 13.6. The molecular formula is C8H12BFO3PS+. The van der Waals surface area contributed by atoms with E-state index in [-0.39, 0.29) is 5.92 Å². The van der Waals surface area contributed by atoms with E-state index in [1.165, 1.54) is 11.4 Å². The van der Waals surface area contributed by atoms with Gasteiger partial charge in [0.05, 0.1) is 11.4 Å². The van der Waals surface area contributed by atoms with Crippen LogP contribution in [-0.2, 0) is 13.8 Å². The summed E-state index contributed by atoms with van der Waals surface area (Å²) in [4.78, 5) is 0. The van der Waals surface area contributed by atoms with E-state index >= 15 is 0 Å². The molecule has 1 spiro atoms. The largest absolute Gasteiger partial charge is 0.585 e. The van der Waals surface area contributed by atoms with E-state index < -0.39 is 25.0 Å². The molecule has 0 aromatic heterocycles. The Bertz CT molecular complexity index is 283. The Morgan fingerprint density at radius 2 is 2.40 bits per heavy atom. The molecule has 0 amide bonds. The van der Waals surface area contributed by atoms with Crippen LogP contribution >= 0.6 is 18.6 Å². The molecule has 2 rings (SSSR count). The second-order valence-corrected chi connectivity index (χ2v) is 6.88. The van der Waals surface area contributed by atoms with Crippen LogP contribution in [0.15, 0.2) is 0 Å². The van der Waals surface area contributed by atoms with Gasteiger partial charge in [-0.05, 0) is 4.57 Å². The van der Waals surface area contributed by atoms with Crippen LogP contribution in [0.4, 0.5) is 4.39 Å². The third kappa shape index (κ3) is 2.10. The van der Waals surface area contributed by atoms with Crippen molar-refractivity contribution in [2.75, 3.05) is 12.4 Å². The van der Waals surface area contributed by atoms with Crippen LogP contribution in [0.2, 0.25) is 0 Å². The van der Waals surface area contributed by atoms with Gasteiger partial charge in [0, 0.05) is 18.3 Å². The SMILES string of the molecule is [B][C@@H]1O[C@@]2(CCO[P+](=O)SC2)[C@H](C)C1F. The summed E-state index contributed by atoms with van der Waals surface area (Å²) in [5.41, 5.74) is -0.606. The lowest BCUT2D eigenvalue weighted by atomic mass is 9.83. The van der Waals surface area contributed by atoms with Crippen molar-refractivity contribution in [3.8, 4) is 0 Å². The standard InChI is InChI=1S/C8H12BFO3PS/c1-5-6(10)7(9)13-8(5)2-3-12-14(11)15-4-8/h5-7H,2-4H2,1H3/q+1/t5-,6?,7-,8-/m1/s1. The van der Waals surface area contributed by atoms with E-state index in [0.29, 0.717) is 18.8 Å². The lowest BCUT2D eigenvalue weighted by Gasteiger charge is -2.29. The van der Waals surface area contributed by atoms with Gasteiger partial charge in [-0.2, -0.15) is 0 Å². The van der Waals surface area contributed by atoms with Crippen LogP contribution < -0.4 is 0 Å². The topological polar surface area (TPSA) is 35.5 Å². The van der Waals surface area contributed by atoms with Gasteiger partial charge in [0.25, 0.3) is 0 Å². The predicted octanol–water partition coefficient (Wildman–Crippen LogP) is 2.04. The van der Waals surface area contributed by atoms with E-state index in [0.717, 1.165) is 0 Å². The number of hydrogen-bond donors (Lipinski definition) is 0. The van der Waals surface area contributed by atoms with Crippen LogP contribution in [-0.4, -0.2) is 38.0 Å². The molecule has 7 heteroatoms. The summed E-state index contributed by atoms with van der Waals surface area (Å²) in [6, 6.07) is -0.864. The molecule has 0 saturated carbocycles. The van der Waals surface area contributed by atoms with Crippen molar-refractivity contribution in [1.29, 1.82) is 0 Å². The van der Waals surface area contributed by atoms with Gasteiger partial charge in [0.1, 0.15) is 20.6 Å². The van der Waals surface area contributed by atoms with Crippen molar-refractivity contribution in [2.24, 2.45) is 5.92 Å². The van der Waals surface area contributed by atoms with Crippen molar-refractivity contribution in [3.05, 3.63) is 0 Å². The highest BCUT2D eigenvalue weighted by atomic mass is 32.7. The third-order valence-electron chi connectivity index (χ3n) is 3.13.